The van der Waals surface area contributed by atoms with E-state index in [2.05, 4.69) is 5.10 Å². The van der Waals surface area contributed by atoms with Gasteiger partial charge in [-0.1, -0.05) is 0 Å². The van der Waals surface area contributed by atoms with Crippen LogP contribution in [0.15, 0.2) is 12.3 Å². The number of aryl methyl sites for hydroxylation is 1. The molecule has 14 heavy (non-hydrogen) atoms. The largest absolute Gasteiger partial charge is 0.393 e. The predicted molar refractivity (Wildman–Crippen MR) is 51.8 cm³/mol. The van der Waals surface area contributed by atoms with E-state index in [0.717, 1.165) is 18.5 Å². The molecule has 1 aliphatic heterocycles. The molecular weight excluding hydrogens is 180 g/mol. The summed E-state index contributed by atoms with van der Waals surface area (Å²) in [6, 6.07) is 1.97. The Hall–Kier alpha value is -0.870. The molecular formula is C10H16N2O2. The van der Waals surface area contributed by atoms with E-state index in [0.29, 0.717) is 0 Å². The van der Waals surface area contributed by atoms with Crippen LogP contribution in [0, 0.1) is 0 Å². The summed E-state index contributed by atoms with van der Waals surface area (Å²) in [6.45, 7) is 2.02. The highest BCUT2D eigenvalue weighted by molar-refractivity contribution is 5.06. The Morgan fingerprint density at radius 2 is 2.57 bits per heavy atom. The van der Waals surface area contributed by atoms with Crippen LogP contribution in [0.1, 0.15) is 31.6 Å². The van der Waals surface area contributed by atoms with Crippen molar-refractivity contribution < 1.29 is 9.84 Å². The summed E-state index contributed by atoms with van der Waals surface area (Å²) in [4.78, 5) is 0. The summed E-state index contributed by atoms with van der Waals surface area (Å²) < 4.78 is 7.54. The molecule has 0 radical (unpaired) electrons. The van der Waals surface area contributed by atoms with Crippen LogP contribution in [0.3, 0.4) is 0 Å². The highest BCUT2D eigenvalue weighted by Gasteiger charge is 2.36. The topological polar surface area (TPSA) is 47.3 Å². The maximum atomic E-state index is 9.14. The van der Waals surface area contributed by atoms with Crippen LogP contribution >= 0.6 is 0 Å². The smallest absolute Gasteiger partial charge is 0.102 e. The maximum Gasteiger partial charge on any atom is 0.102 e. The molecule has 0 bridgehead atoms. The maximum absolute atomic E-state index is 9.14. The highest BCUT2D eigenvalue weighted by Crippen LogP contribution is 2.38. The van der Waals surface area contributed by atoms with Gasteiger partial charge in [-0.15, -0.1) is 0 Å². The normalized spacial score (nSPS) is 32.4. The summed E-state index contributed by atoms with van der Waals surface area (Å²) in [5, 5.41) is 13.4. The first-order valence-corrected chi connectivity index (χ1v) is 4.91. The van der Waals surface area contributed by atoms with Crippen molar-refractivity contribution in [2.24, 2.45) is 7.05 Å². The number of aliphatic hydroxyl groups excluding tert-OH is 1. The number of nitrogens with zero attached hydrogens (tertiary/aromatic N) is 2. The van der Waals surface area contributed by atoms with E-state index in [4.69, 9.17) is 9.84 Å². The third kappa shape index (κ3) is 1.67. The van der Waals surface area contributed by atoms with E-state index in [1.807, 2.05) is 26.2 Å². The van der Waals surface area contributed by atoms with Gasteiger partial charge in [0.15, 0.2) is 0 Å². The molecule has 0 amide bonds. The Bertz CT molecular complexity index is 324. The number of aliphatic hydroxyl groups is 1. The number of rotatable bonds is 2. The standard InChI is InChI=1S/C10H16N2O2/c1-10(7-13)5-3-9(14-10)8-4-6-12(2)11-8/h4,6,9,13H,3,5,7H2,1-2H3. The first-order chi connectivity index (χ1) is 6.63. The Labute approximate surface area is 83.5 Å². The summed E-state index contributed by atoms with van der Waals surface area (Å²) in [7, 11) is 1.89. The summed E-state index contributed by atoms with van der Waals surface area (Å²) in [5.41, 5.74) is 0.590. The van der Waals surface area contributed by atoms with Crippen molar-refractivity contribution in [1.29, 1.82) is 0 Å². The van der Waals surface area contributed by atoms with Crippen LogP contribution in [-0.2, 0) is 11.8 Å². The minimum absolute atomic E-state index is 0.0494. The van der Waals surface area contributed by atoms with E-state index in [1.165, 1.54) is 0 Å². The molecule has 2 heterocycles. The zero-order valence-corrected chi connectivity index (χ0v) is 8.60. The van der Waals surface area contributed by atoms with Crippen LogP contribution in [0.5, 0.6) is 0 Å². The molecule has 0 aromatic carbocycles. The molecule has 4 nitrogen and oxygen atoms in total. The molecule has 1 saturated heterocycles. The Balaban J connectivity index is 2.09. The van der Waals surface area contributed by atoms with Crippen LogP contribution in [0.2, 0.25) is 0 Å². The van der Waals surface area contributed by atoms with Crippen molar-refractivity contribution in [1.82, 2.24) is 9.78 Å². The van der Waals surface area contributed by atoms with Gasteiger partial charge >= 0.3 is 0 Å². The zero-order chi connectivity index (χ0) is 10.2. The average molecular weight is 196 g/mol. The van der Waals surface area contributed by atoms with Gasteiger partial charge in [0.05, 0.1) is 17.9 Å². The minimum Gasteiger partial charge on any atom is -0.393 e. The first kappa shape index (κ1) is 9.68. The quantitative estimate of drug-likeness (QED) is 0.768. The number of aromatic nitrogens is 2. The van der Waals surface area contributed by atoms with Crippen molar-refractivity contribution in [3.63, 3.8) is 0 Å². The molecule has 2 unspecified atom stereocenters. The summed E-state index contributed by atoms with van der Waals surface area (Å²) in [6.07, 6.45) is 3.79. The predicted octanol–water partition coefficient (Wildman–Crippen LogP) is 1.02. The summed E-state index contributed by atoms with van der Waals surface area (Å²) in [5.74, 6) is 0. The Morgan fingerprint density at radius 3 is 3.07 bits per heavy atom. The number of hydrogen-bond acceptors (Lipinski definition) is 3. The van der Waals surface area contributed by atoms with Gasteiger partial charge in [-0.2, -0.15) is 5.10 Å². The van der Waals surface area contributed by atoms with Crippen molar-refractivity contribution in [3.8, 4) is 0 Å². The SMILES string of the molecule is Cn1ccc(C2CCC(C)(CO)O2)n1. The molecule has 1 N–H and O–H groups in total. The lowest BCUT2D eigenvalue weighted by atomic mass is 10.0. The van der Waals surface area contributed by atoms with Gasteiger partial charge in [0.1, 0.15) is 6.10 Å². The van der Waals surface area contributed by atoms with Crippen molar-refractivity contribution in [3.05, 3.63) is 18.0 Å². The molecule has 1 aliphatic rings. The van der Waals surface area contributed by atoms with Gasteiger partial charge in [-0.25, -0.2) is 0 Å². The molecule has 2 atom stereocenters. The Morgan fingerprint density at radius 1 is 1.79 bits per heavy atom. The molecule has 1 aromatic rings. The van der Waals surface area contributed by atoms with E-state index in [9.17, 15) is 0 Å². The third-order valence-electron chi connectivity index (χ3n) is 2.76. The molecule has 1 fully saturated rings. The monoisotopic (exact) mass is 196 g/mol. The van der Waals surface area contributed by atoms with Gasteiger partial charge in [0.25, 0.3) is 0 Å². The second-order valence-electron chi connectivity index (χ2n) is 4.17. The van der Waals surface area contributed by atoms with E-state index in [1.54, 1.807) is 4.68 Å². The number of hydrogen-bond donors (Lipinski definition) is 1. The summed E-state index contributed by atoms with van der Waals surface area (Å²) >= 11 is 0. The third-order valence-corrected chi connectivity index (χ3v) is 2.76. The fraction of sp³-hybridized carbons (Fsp3) is 0.700. The molecule has 0 spiro atoms. The fourth-order valence-electron chi connectivity index (χ4n) is 1.83. The molecule has 0 saturated carbocycles. The van der Waals surface area contributed by atoms with Gasteiger partial charge in [0, 0.05) is 13.2 Å². The lowest BCUT2D eigenvalue weighted by molar-refractivity contribution is -0.0631. The van der Waals surface area contributed by atoms with Gasteiger partial charge in [-0.05, 0) is 25.8 Å². The van der Waals surface area contributed by atoms with Gasteiger partial charge in [0.2, 0.25) is 0 Å². The van der Waals surface area contributed by atoms with Crippen LogP contribution in [0.4, 0.5) is 0 Å². The Kier molecular flexibility index (Phi) is 2.33. The second kappa shape index (κ2) is 3.37. The second-order valence-corrected chi connectivity index (χ2v) is 4.17. The molecule has 1 aromatic heterocycles. The molecule has 78 valence electrons. The minimum atomic E-state index is -0.373. The van der Waals surface area contributed by atoms with Gasteiger partial charge < -0.3 is 9.84 Å². The first-order valence-electron chi connectivity index (χ1n) is 4.91. The highest BCUT2D eigenvalue weighted by atomic mass is 16.5. The molecule has 4 heteroatoms. The number of ether oxygens (including phenoxy) is 1. The lowest BCUT2D eigenvalue weighted by Gasteiger charge is -2.21. The van der Waals surface area contributed by atoms with E-state index < -0.39 is 0 Å². The van der Waals surface area contributed by atoms with Crippen molar-refractivity contribution in [2.45, 2.75) is 31.5 Å². The van der Waals surface area contributed by atoms with Crippen LogP contribution in [0.25, 0.3) is 0 Å². The average Bonchev–Trinajstić information content (AvgIpc) is 2.73. The van der Waals surface area contributed by atoms with E-state index >= 15 is 0 Å². The lowest BCUT2D eigenvalue weighted by Crippen LogP contribution is -2.28. The van der Waals surface area contributed by atoms with Gasteiger partial charge in [-0.3, -0.25) is 4.68 Å². The molecule has 2 rings (SSSR count). The van der Waals surface area contributed by atoms with Crippen molar-refractivity contribution in [2.75, 3.05) is 6.61 Å². The fourth-order valence-corrected chi connectivity index (χ4v) is 1.83. The zero-order valence-electron chi connectivity index (χ0n) is 8.60. The van der Waals surface area contributed by atoms with E-state index in [-0.39, 0.29) is 18.3 Å². The van der Waals surface area contributed by atoms with Crippen LogP contribution in [-0.4, -0.2) is 27.1 Å². The molecule has 0 aliphatic carbocycles. The van der Waals surface area contributed by atoms with Crippen molar-refractivity contribution >= 4 is 0 Å². The van der Waals surface area contributed by atoms with Crippen LogP contribution < -0.4 is 0 Å².